The van der Waals surface area contributed by atoms with Crippen LogP contribution in [-0.4, -0.2) is 37.7 Å². The Hall–Kier alpha value is -4.00. The van der Waals surface area contributed by atoms with E-state index >= 15 is 0 Å². The van der Waals surface area contributed by atoms with Crippen molar-refractivity contribution in [1.82, 2.24) is 10.6 Å². The molecule has 1 atom stereocenters. The summed E-state index contributed by atoms with van der Waals surface area (Å²) in [6.07, 6.45) is 0.239. The van der Waals surface area contributed by atoms with Gasteiger partial charge in [-0.25, -0.2) is 4.79 Å². The topological polar surface area (TPSA) is 79.9 Å². The number of anilines is 1. The molecule has 0 bridgehead atoms. The van der Waals surface area contributed by atoms with Gasteiger partial charge in [-0.05, 0) is 23.3 Å². The summed E-state index contributed by atoms with van der Waals surface area (Å²) in [5.41, 5.74) is 2.71. The third-order valence-corrected chi connectivity index (χ3v) is 5.84. The largest absolute Gasteiger partial charge is 0.486 e. The van der Waals surface area contributed by atoms with Gasteiger partial charge in [-0.2, -0.15) is 0 Å². The van der Waals surface area contributed by atoms with Crippen molar-refractivity contribution in [1.29, 1.82) is 0 Å². The zero-order chi connectivity index (χ0) is 22.6. The number of benzene rings is 3. The molecule has 0 unspecified atom stereocenters. The van der Waals surface area contributed by atoms with E-state index in [4.69, 9.17) is 9.47 Å². The SMILES string of the molecule is O=C(NC(c1ccccc1)c1ccccc1)N[C@H]1CC(=O)N(c2ccc3c(c2)OCCO3)C1. The molecular weight excluding hydrogens is 418 g/mol. The maximum Gasteiger partial charge on any atom is 0.315 e. The number of carbonyl (C=O) groups is 2. The van der Waals surface area contributed by atoms with Crippen LogP contribution in [0.15, 0.2) is 78.9 Å². The van der Waals surface area contributed by atoms with Gasteiger partial charge in [0.25, 0.3) is 0 Å². The summed E-state index contributed by atoms with van der Waals surface area (Å²) in [5, 5.41) is 6.04. The van der Waals surface area contributed by atoms with Crippen molar-refractivity contribution in [3.05, 3.63) is 90.0 Å². The van der Waals surface area contributed by atoms with E-state index in [-0.39, 0.29) is 30.4 Å². The van der Waals surface area contributed by atoms with E-state index in [1.807, 2.05) is 78.9 Å². The van der Waals surface area contributed by atoms with E-state index in [1.165, 1.54) is 0 Å². The second-order valence-corrected chi connectivity index (χ2v) is 8.11. The molecule has 2 heterocycles. The fraction of sp³-hybridized carbons (Fsp3) is 0.231. The summed E-state index contributed by atoms with van der Waals surface area (Å²) in [6.45, 7) is 1.40. The van der Waals surface area contributed by atoms with Crippen molar-refractivity contribution in [2.24, 2.45) is 0 Å². The standard InChI is InChI=1S/C26H25N3O4/c30-24-15-20(17-29(24)21-11-12-22-23(16-21)33-14-13-32-22)27-26(31)28-25(18-7-3-1-4-8-18)19-9-5-2-6-10-19/h1-12,16,20,25H,13-15,17H2,(H2,27,28,31)/t20-/m0/s1. The lowest BCUT2D eigenvalue weighted by Gasteiger charge is -2.23. The molecule has 1 saturated heterocycles. The molecule has 5 rings (SSSR count). The number of hydrogen-bond donors (Lipinski definition) is 2. The van der Waals surface area contributed by atoms with Gasteiger partial charge in [-0.15, -0.1) is 0 Å². The van der Waals surface area contributed by atoms with Crippen LogP contribution in [0.25, 0.3) is 0 Å². The maximum atomic E-state index is 12.9. The fourth-order valence-electron chi connectivity index (χ4n) is 4.26. The van der Waals surface area contributed by atoms with Crippen LogP contribution >= 0.6 is 0 Å². The molecule has 2 aliphatic heterocycles. The average Bonchev–Trinajstić information content (AvgIpc) is 3.23. The van der Waals surface area contributed by atoms with Gasteiger partial charge in [0.2, 0.25) is 5.91 Å². The van der Waals surface area contributed by atoms with Crippen molar-refractivity contribution in [2.75, 3.05) is 24.7 Å². The summed E-state index contributed by atoms with van der Waals surface area (Å²) in [4.78, 5) is 27.3. The van der Waals surface area contributed by atoms with Crippen LogP contribution in [0.3, 0.4) is 0 Å². The molecule has 0 saturated carbocycles. The molecule has 33 heavy (non-hydrogen) atoms. The van der Waals surface area contributed by atoms with Crippen LogP contribution in [0.5, 0.6) is 11.5 Å². The zero-order valence-electron chi connectivity index (χ0n) is 18.1. The summed E-state index contributed by atoms with van der Waals surface area (Å²) < 4.78 is 11.2. The van der Waals surface area contributed by atoms with Gasteiger partial charge in [-0.1, -0.05) is 60.7 Å². The number of ether oxygens (including phenoxy) is 2. The van der Waals surface area contributed by atoms with E-state index in [9.17, 15) is 9.59 Å². The first kappa shape index (κ1) is 20.9. The molecule has 0 radical (unpaired) electrons. The Kier molecular flexibility index (Phi) is 5.85. The van der Waals surface area contributed by atoms with Crippen LogP contribution in [0.4, 0.5) is 10.5 Å². The molecule has 0 spiro atoms. The Balaban J connectivity index is 1.26. The highest BCUT2D eigenvalue weighted by Crippen LogP contribution is 2.35. The molecule has 0 aromatic heterocycles. The van der Waals surface area contributed by atoms with Crippen LogP contribution in [0.1, 0.15) is 23.6 Å². The zero-order valence-corrected chi connectivity index (χ0v) is 18.1. The monoisotopic (exact) mass is 443 g/mol. The van der Waals surface area contributed by atoms with Crippen molar-refractivity contribution in [3.8, 4) is 11.5 Å². The second-order valence-electron chi connectivity index (χ2n) is 8.11. The predicted molar refractivity (Wildman–Crippen MR) is 125 cm³/mol. The molecule has 2 aliphatic rings. The van der Waals surface area contributed by atoms with E-state index in [0.717, 1.165) is 16.8 Å². The van der Waals surface area contributed by atoms with Crippen LogP contribution in [0, 0.1) is 0 Å². The van der Waals surface area contributed by atoms with Crippen molar-refractivity contribution >= 4 is 17.6 Å². The second kappa shape index (κ2) is 9.24. The number of fused-ring (bicyclic) bond motifs is 1. The van der Waals surface area contributed by atoms with Gasteiger partial charge in [0, 0.05) is 24.7 Å². The van der Waals surface area contributed by atoms with Crippen molar-refractivity contribution in [3.63, 3.8) is 0 Å². The van der Waals surface area contributed by atoms with Crippen LogP contribution < -0.4 is 25.0 Å². The van der Waals surface area contributed by atoms with Gasteiger partial charge in [0.05, 0.1) is 12.1 Å². The first-order chi connectivity index (χ1) is 16.2. The third-order valence-electron chi connectivity index (χ3n) is 5.84. The van der Waals surface area contributed by atoms with Gasteiger partial charge < -0.3 is 25.0 Å². The lowest BCUT2D eigenvalue weighted by atomic mass is 9.99. The highest BCUT2D eigenvalue weighted by Gasteiger charge is 2.32. The summed E-state index contributed by atoms with van der Waals surface area (Å²) in [7, 11) is 0. The minimum atomic E-state index is -0.311. The quantitative estimate of drug-likeness (QED) is 0.631. The number of nitrogens with zero attached hydrogens (tertiary/aromatic N) is 1. The summed E-state index contributed by atoms with van der Waals surface area (Å²) in [6, 6.07) is 24.2. The van der Waals surface area contributed by atoms with Crippen LogP contribution in [0.2, 0.25) is 0 Å². The number of nitrogens with one attached hydrogen (secondary N) is 2. The maximum absolute atomic E-state index is 12.9. The number of urea groups is 1. The van der Waals surface area contributed by atoms with Crippen molar-refractivity contribution < 1.29 is 19.1 Å². The van der Waals surface area contributed by atoms with Crippen LogP contribution in [-0.2, 0) is 4.79 Å². The third kappa shape index (κ3) is 4.62. The van der Waals surface area contributed by atoms with E-state index in [2.05, 4.69) is 10.6 Å². The summed E-state index contributed by atoms with van der Waals surface area (Å²) >= 11 is 0. The summed E-state index contributed by atoms with van der Waals surface area (Å²) in [5.74, 6) is 1.27. The molecule has 7 nitrogen and oxygen atoms in total. The number of amides is 3. The molecule has 3 aromatic rings. The minimum absolute atomic E-state index is 0.0420. The Morgan fingerprint density at radius 2 is 1.52 bits per heavy atom. The molecule has 168 valence electrons. The molecule has 3 amide bonds. The molecule has 2 N–H and O–H groups in total. The van der Waals surface area contributed by atoms with Crippen molar-refractivity contribution in [2.45, 2.75) is 18.5 Å². The van der Waals surface area contributed by atoms with E-state index in [0.29, 0.717) is 31.3 Å². The van der Waals surface area contributed by atoms with Gasteiger partial charge in [0.15, 0.2) is 11.5 Å². The predicted octanol–water partition coefficient (Wildman–Crippen LogP) is 3.65. The number of rotatable bonds is 5. The van der Waals surface area contributed by atoms with Gasteiger partial charge in [0.1, 0.15) is 13.2 Å². The molecule has 0 aliphatic carbocycles. The first-order valence-corrected chi connectivity index (χ1v) is 11.0. The minimum Gasteiger partial charge on any atom is -0.486 e. The smallest absolute Gasteiger partial charge is 0.315 e. The van der Waals surface area contributed by atoms with E-state index in [1.54, 1.807) is 4.90 Å². The highest BCUT2D eigenvalue weighted by atomic mass is 16.6. The first-order valence-electron chi connectivity index (χ1n) is 11.0. The van der Waals surface area contributed by atoms with E-state index < -0.39 is 0 Å². The molecule has 3 aromatic carbocycles. The molecule has 7 heteroatoms. The number of hydrogen-bond acceptors (Lipinski definition) is 4. The Bertz CT molecular complexity index is 1100. The fourth-order valence-corrected chi connectivity index (χ4v) is 4.26. The lowest BCUT2D eigenvalue weighted by Crippen LogP contribution is -2.44. The Labute approximate surface area is 192 Å². The lowest BCUT2D eigenvalue weighted by molar-refractivity contribution is -0.117. The Morgan fingerprint density at radius 1 is 0.879 bits per heavy atom. The highest BCUT2D eigenvalue weighted by molar-refractivity contribution is 5.97. The molecule has 1 fully saturated rings. The number of carbonyl (C=O) groups excluding carboxylic acids is 2. The average molecular weight is 444 g/mol. The van der Waals surface area contributed by atoms with Gasteiger partial charge in [-0.3, -0.25) is 4.79 Å². The Morgan fingerprint density at radius 3 is 2.18 bits per heavy atom. The van der Waals surface area contributed by atoms with Gasteiger partial charge >= 0.3 is 6.03 Å². The normalized spacial score (nSPS) is 17.2. The molecular formula is C26H25N3O4.